The van der Waals surface area contributed by atoms with Crippen LogP contribution in [0.15, 0.2) is 24.3 Å². The Hall–Kier alpha value is -0.930. The van der Waals surface area contributed by atoms with Gasteiger partial charge in [-0.15, -0.1) is 0 Å². The van der Waals surface area contributed by atoms with Crippen LogP contribution < -0.4 is 5.73 Å². The SMILES string of the molecule is C=S=O.CCCc1ccccc1CC.CN. The zero-order chi connectivity index (χ0) is 12.8. The predicted molar refractivity (Wildman–Crippen MR) is 75.2 cm³/mol. The molecule has 0 bridgehead atoms. The van der Waals surface area contributed by atoms with Crippen molar-refractivity contribution < 1.29 is 4.21 Å². The second-order valence-corrected chi connectivity index (χ2v) is 3.23. The third-order valence-electron chi connectivity index (χ3n) is 2.02. The van der Waals surface area contributed by atoms with Crippen LogP contribution in [-0.4, -0.2) is 17.1 Å². The van der Waals surface area contributed by atoms with Gasteiger partial charge in [0.15, 0.2) is 0 Å². The second-order valence-electron chi connectivity index (χ2n) is 2.99. The zero-order valence-corrected chi connectivity index (χ0v) is 11.3. The first-order chi connectivity index (χ1) is 7.79. The summed E-state index contributed by atoms with van der Waals surface area (Å²) in [6.45, 7) is 4.45. The topological polar surface area (TPSA) is 43.1 Å². The summed E-state index contributed by atoms with van der Waals surface area (Å²) in [6.07, 6.45) is 3.64. The van der Waals surface area contributed by atoms with Crippen molar-refractivity contribution in [3.05, 3.63) is 35.4 Å². The monoisotopic (exact) mass is 241 g/mol. The van der Waals surface area contributed by atoms with E-state index in [-0.39, 0.29) is 11.3 Å². The summed E-state index contributed by atoms with van der Waals surface area (Å²) in [5.41, 5.74) is 7.53. The molecule has 1 rings (SSSR count). The third-order valence-corrected chi connectivity index (χ3v) is 2.02. The van der Waals surface area contributed by atoms with Crippen LogP contribution in [0, 0.1) is 0 Å². The van der Waals surface area contributed by atoms with E-state index < -0.39 is 0 Å². The van der Waals surface area contributed by atoms with Gasteiger partial charge in [-0.1, -0.05) is 44.5 Å². The van der Waals surface area contributed by atoms with Crippen molar-refractivity contribution in [1.82, 2.24) is 0 Å². The van der Waals surface area contributed by atoms with Crippen molar-refractivity contribution in [3.63, 3.8) is 0 Å². The van der Waals surface area contributed by atoms with Crippen molar-refractivity contribution in [2.75, 3.05) is 7.05 Å². The first-order valence-electron chi connectivity index (χ1n) is 5.48. The van der Waals surface area contributed by atoms with Crippen molar-refractivity contribution in [1.29, 1.82) is 0 Å². The lowest BCUT2D eigenvalue weighted by atomic mass is 10.0. The number of benzene rings is 1. The average molecular weight is 241 g/mol. The highest BCUT2D eigenvalue weighted by atomic mass is 32.1. The number of hydrogen-bond donors (Lipinski definition) is 1. The summed E-state index contributed by atoms with van der Waals surface area (Å²) in [5.74, 6) is 2.85. The molecule has 1 aromatic carbocycles. The number of nitrogens with two attached hydrogens (primary N) is 1. The van der Waals surface area contributed by atoms with Crippen LogP contribution in [0.2, 0.25) is 0 Å². The highest BCUT2D eigenvalue weighted by Crippen LogP contribution is 2.10. The predicted octanol–water partition coefficient (Wildman–Crippen LogP) is 2.41. The van der Waals surface area contributed by atoms with Gasteiger partial charge in [-0.3, -0.25) is 0 Å². The van der Waals surface area contributed by atoms with Crippen molar-refractivity contribution in [2.45, 2.75) is 33.1 Å². The van der Waals surface area contributed by atoms with Gasteiger partial charge in [0.25, 0.3) is 0 Å². The van der Waals surface area contributed by atoms with E-state index in [4.69, 9.17) is 4.21 Å². The van der Waals surface area contributed by atoms with Crippen molar-refractivity contribution in [3.8, 4) is 0 Å². The first-order valence-corrected chi connectivity index (χ1v) is 6.39. The summed E-state index contributed by atoms with van der Waals surface area (Å²) >= 11 is 0.250. The van der Waals surface area contributed by atoms with E-state index in [1.807, 2.05) is 0 Å². The smallest absolute Gasteiger partial charge is 0.0805 e. The van der Waals surface area contributed by atoms with Crippen LogP contribution in [0.3, 0.4) is 0 Å². The molecule has 0 spiro atoms. The molecular formula is C13H23NOS. The van der Waals surface area contributed by atoms with Crippen LogP contribution in [0.25, 0.3) is 0 Å². The van der Waals surface area contributed by atoms with E-state index in [1.165, 1.54) is 31.0 Å². The van der Waals surface area contributed by atoms with Crippen molar-refractivity contribution >= 4 is 17.1 Å². The Morgan fingerprint density at radius 2 is 1.62 bits per heavy atom. The van der Waals surface area contributed by atoms with Crippen LogP contribution in [0.4, 0.5) is 0 Å². The molecule has 16 heavy (non-hydrogen) atoms. The highest BCUT2D eigenvalue weighted by Gasteiger charge is 1.96. The molecule has 0 atom stereocenters. The maximum absolute atomic E-state index is 8.74. The van der Waals surface area contributed by atoms with E-state index in [0.717, 1.165) is 6.42 Å². The lowest BCUT2D eigenvalue weighted by Crippen LogP contribution is -1.90. The summed E-state index contributed by atoms with van der Waals surface area (Å²) in [5, 5.41) is 0. The van der Waals surface area contributed by atoms with Gasteiger partial charge in [0, 0.05) is 0 Å². The van der Waals surface area contributed by atoms with Gasteiger partial charge in [0.2, 0.25) is 0 Å². The van der Waals surface area contributed by atoms with E-state index in [1.54, 1.807) is 0 Å². The lowest BCUT2D eigenvalue weighted by molar-refractivity contribution is 0.701. The van der Waals surface area contributed by atoms with Gasteiger partial charge < -0.3 is 5.73 Å². The lowest BCUT2D eigenvalue weighted by Gasteiger charge is -2.04. The van der Waals surface area contributed by atoms with E-state index in [9.17, 15) is 0 Å². The van der Waals surface area contributed by atoms with Crippen LogP contribution in [-0.2, 0) is 24.1 Å². The molecule has 2 nitrogen and oxygen atoms in total. The minimum atomic E-state index is 0.250. The molecule has 0 radical (unpaired) electrons. The highest BCUT2D eigenvalue weighted by molar-refractivity contribution is 7.63. The Morgan fingerprint density at radius 3 is 2.00 bits per heavy atom. The minimum Gasteiger partial charge on any atom is -0.333 e. The second kappa shape index (κ2) is 14.1. The molecule has 0 aromatic heterocycles. The van der Waals surface area contributed by atoms with Gasteiger partial charge in [-0.05, 0) is 36.9 Å². The quantitative estimate of drug-likeness (QED) is 0.826. The normalized spacial score (nSPS) is 8.00. The van der Waals surface area contributed by atoms with Crippen molar-refractivity contribution in [2.24, 2.45) is 5.73 Å². The molecule has 0 aliphatic carbocycles. The van der Waals surface area contributed by atoms with Gasteiger partial charge in [0.1, 0.15) is 0 Å². The van der Waals surface area contributed by atoms with Gasteiger partial charge in [0.05, 0.1) is 11.3 Å². The van der Waals surface area contributed by atoms with E-state index in [0.29, 0.717) is 0 Å². The maximum atomic E-state index is 8.74. The first kappa shape index (κ1) is 17.5. The molecule has 0 aliphatic heterocycles. The van der Waals surface area contributed by atoms with Crippen LogP contribution in [0.5, 0.6) is 0 Å². The molecule has 0 saturated carbocycles. The third kappa shape index (κ3) is 8.38. The summed E-state index contributed by atoms with van der Waals surface area (Å²) < 4.78 is 8.74. The number of hydrogen-bond acceptors (Lipinski definition) is 2. The Morgan fingerprint density at radius 1 is 1.19 bits per heavy atom. The Kier molecular flexibility index (Phi) is 15.4. The summed E-state index contributed by atoms with van der Waals surface area (Å²) in [6, 6.07) is 8.72. The van der Waals surface area contributed by atoms with Gasteiger partial charge in [-0.25, -0.2) is 4.21 Å². The van der Waals surface area contributed by atoms with E-state index >= 15 is 0 Å². The molecule has 92 valence electrons. The number of aryl methyl sites for hydroxylation is 2. The fourth-order valence-electron chi connectivity index (χ4n) is 1.42. The van der Waals surface area contributed by atoms with E-state index in [2.05, 4.69) is 49.7 Å². The molecular weight excluding hydrogens is 218 g/mol. The Bertz CT molecular complexity index is 294. The Balaban J connectivity index is 0. The number of rotatable bonds is 3. The molecule has 1 aromatic rings. The summed E-state index contributed by atoms with van der Waals surface area (Å²) in [4.78, 5) is 0. The largest absolute Gasteiger partial charge is 0.333 e. The fourth-order valence-corrected chi connectivity index (χ4v) is 1.42. The fraction of sp³-hybridized carbons (Fsp3) is 0.462. The summed E-state index contributed by atoms with van der Waals surface area (Å²) in [7, 11) is 1.50. The molecule has 2 N–H and O–H groups in total. The molecule has 0 saturated heterocycles. The molecule has 0 unspecified atom stereocenters. The maximum Gasteiger partial charge on any atom is 0.0805 e. The van der Waals surface area contributed by atoms with Crippen LogP contribution >= 0.6 is 0 Å². The van der Waals surface area contributed by atoms with Gasteiger partial charge in [-0.2, -0.15) is 0 Å². The molecule has 3 heteroatoms. The minimum absolute atomic E-state index is 0.250. The molecule has 0 amide bonds. The molecule has 0 aliphatic rings. The average Bonchev–Trinajstić information content (AvgIpc) is 2.34. The Labute approximate surface area is 103 Å². The van der Waals surface area contributed by atoms with Gasteiger partial charge >= 0.3 is 0 Å². The zero-order valence-electron chi connectivity index (χ0n) is 10.5. The molecule has 0 fully saturated rings. The van der Waals surface area contributed by atoms with Crippen LogP contribution in [0.1, 0.15) is 31.4 Å². The standard InChI is InChI=1S/C11H16.CH5N.CH2OS/c1-3-7-11-9-6-5-8-10(11)4-2;1-2;1-3-2/h5-6,8-9H,3-4,7H2,1-2H3;2H2,1H3;1H2. The molecule has 0 heterocycles.